The number of carbonyl (C=O) groups excluding carboxylic acids is 3. The smallest absolute Gasteiger partial charge is 0.343 e. The summed E-state index contributed by atoms with van der Waals surface area (Å²) in [5, 5.41) is 0. The quantitative estimate of drug-likeness (QED) is 0.699. The molecule has 0 spiro atoms. The minimum Gasteiger partial charge on any atom is -0.462 e. The number of rotatable bonds is 2. The molecule has 0 amide bonds. The normalized spacial score (nSPS) is 12.6. The lowest BCUT2D eigenvalue weighted by molar-refractivity contribution is 0.0524. The number of ether oxygens (including phenoxy) is 1. The van der Waals surface area contributed by atoms with E-state index in [0.29, 0.717) is 0 Å². The first-order valence-electron chi connectivity index (χ1n) is 6.53. The zero-order chi connectivity index (χ0) is 15.9. The summed E-state index contributed by atoms with van der Waals surface area (Å²) in [6, 6.07) is 2.92. The van der Waals surface area contributed by atoms with E-state index in [0.717, 1.165) is 6.20 Å². The van der Waals surface area contributed by atoms with Gasteiger partial charge in [-0.15, -0.1) is 0 Å². The van der Waals surface area contributed by atoms with Crippen LogP contribution in [-0.2, 0) is 4.74 Å². The molecule has 22 heavy (non-hydrogen) atoms. The first kappa shape index (κ1) is 13.9. The fraction of sp³-hybridized carbons (Fsp3) is 0.133. The van der Waals surface area contributed by atoms with Crippen LogP contribution in [0, 0.1) is 0 Å². The fourth-order valence-electron chi connectivity index (χ4n) is 2.31. The van der Waals surface area contributed by atoms with Crippen LogP contribution >= 0.6 is 0 Å². The van der Waals surface area contributed by atoms with Crippen LogP contribution in [0.4, 0.5) is 0 Å². The van der Waals surface area contributed by atoms with Gasteiger partial charge in [0.1, 0.15) is 17.0 Å². The average molecular weight is 298 g/mol. The molecule has 7 nitrogen and oxygen atoms in total. The zero-order valence-electron chi connectivity index (χ0n) is 11.5. The molecular weight excluding hydrogens is 288 g/mol. The Hall–Kier alpha value is -3.09. The average Bonchev–Trinajstić information content (AvgIpc) is 2.52. The highest BCUT2D eigenvalue weighted by atomic mass is 16.5. The number of nitrogens with one attached hydrogen (secondary N) is 1. The van der Waals surface area contributed by atoms with Crippen LogP contribution in [0.1, 0.15) is 49.4 Å². The van der Waals surface area contributed by atoms with Crippen molar-refractivity contribution in [1.82, 2.24) is 9.97 Å². The van der Waals surface area contributed by atoms with Gasteiger partial charge in [0.25, 0.3) is 0 Å². The Bertz CT molecular complexity index is 882. The second-order valence-electron chi connectivity index (χ2n) is 4.56. The topological polar surface area (TPSA) is 106 Å². The molecule has 2 aromatic rings. The molecule has 0 unspecified atom stereocenters. The number of hydrogen-bond acceptors (Lipinski definition) is 6. The van der Waals surface area contributed by atoms with Crippen LogP contribution < -0.4 is 5.43 Å². The number of hydrogen-bond donors (Lipinski definition) is 1. The highest BCUT2D eigenvalue weighted by Gasteiger charge is 2.35. The predicted molar refractivity (Wildman–Crippen MR) is 74.1 cm³/mol. The Morgan fingerprint density at radius 2 is 2.05 bits per heavy atom. The van der Waals surface area contributed by atoms with E-state index >= 15 is 0 Å². The third kappa shape index (κ3) is 1.86. The lowest BCUT2D eigenvalue weighted by Crippen LogP contribution is -2.33. The lowest BCUT2D eigenvalue weighted by atomic mass is 9.89. The van der Waals surface area contributed by atoms with Gasteiger partial charge >= 0.3 is 5.97 Å². The van der Waals surface area contributed by atoms with Crippen molar-refractivity contribution in [3.8, 4) is 0 Å². The van der Waals surface area contributed by atoms with Crippen LogP contribution in [0.5, 0.6) is 0 Å². The van der Waals surface area contributed by atoms with Crippen molar-refractivity contribution in [2.75, 3.05) is 6.61 Å². The Kier molecular flexibility index (Phi) is 3.17. The molecule has 110 valence electrons. The molecular formula is C15H10N2O5. The summed E-state index contributed by atoms with van der Waals surface area (Å²) in [6.07, 6.45) is 2.47. The van der Waals surface area contributed by atoms with Crippen molar-refractivity contribution in [2.24, 2.45) is 0 Å². The van der Waals surface area contributed by atoms with Gasteiger partial charge in [-0.2, -0.15) is 0 Å². The minimum absolute atomic E-state index is 0.0143. The van der Waals surface area contributed by atoms with Crippen molar-refractivity contribution in [2.45, 2.75) is 6.92 Å². The van der Waals surface area contributed by atoms with Crippen LogP contribution in [0.3, 0.4) is 0 Å². The summed E-state index contributed by atoms with van der Waals surface area (Å²) in [4.78, 5) is 55.3. The first-order valence-corrected chi connectivity index (χ1v) is 6.53. The SMILES string of the molecule is CCOC(=O)c1c[nH]c2c(c1=O)C(=O)c1cccnc1C2=O. The van der Waals surface area contributed by atoms with Gasteiger partial charge in [0.2, 0.25) is 17.0 Å². The third-order valence-electron chi connectivity index (χ3n) is 3.30. The molecule has 0 saturated heterocycles. The second kappa shape index (κ2) is 5.03. The Morgan fingerprint density at radius 3 is 2.77 bits per heavy atom. The van der Waals surface area contributed by atoms with Crippen molar-refractivity contribution in [3.63, 3.8) is 0 Å². The summed E-state index contributed by atoms with van der Waals surface area (Å²) >= 11 is 0. The summed E-state index contributed by atoms with van der Waals surface area (Å²) in [7, 11) is 0. The highest BCUT2D eigenvalue weighted by molar-refractivity contribution is 6.27. The van der Waals surface area contributed by atoms with Crippen LogP contribution in [0.15, 0.2) is 29.3 Å². The molecule has 7 heteroatoms. The molecule has 2 aromatic heterocycles. The Balaban J connectivity index is 2.24. The molecule has 0 aromatic carbocycles. The van der Waals surface area contributed by atoms with Gasteiger partial charge in [-0.05, 0) is 19.1 Å². The van der Waals surface area contributed by atoms with Gasteiger partial charge in [0, 0.05) is 12.4 Å². The maximum absolute atomic E-state index is 12.4. The fourth-order valence-corrected chi connectivity index (χ4v) is 2.31. The molecule has 0 saturated carbocycles. The van der Waals surface area contributed by atoms with Crippen LogP contribution in [0.2, 0.25) is 0 Å². The highest BCUT2D eigenvalue weighted by Crippen LogP contribution is 2.22. The van der Waals surface area contributed by atoms with Gasteiger partial charge in [-0.1, -0.05) is 0 Å². The summed E-state index contributed by atoms with van der Waals surface area (Å²) in [5.41, 5.74) is -1.61. The van der Waals surface area contributed by atoms with E-state index in [1.807, 2.05) is 0 Å². The largest absolute Gasteiger partial charge is 0.462 e. The van der Waals surface area contributed by atoms with E-state index in [2.05, 4.69) is 9.97 Å². The number of nitrogens with zero attached hydrogens (tertiary/aromatic N) is 1. The molecule has 1 N–H and O–H groups in total. The van der Waals surface area contributed by atoms with Gasteiger partial charge in [-0.3, -0.25) is 19.4 Å². The number of esters is 1. The monoisotopic (exact) mass is 298 g/mol. The number of ketones is 2. The summed E-state index contributed by atoms with van der Waals surface area (Å²) in [5.74, 6) is -2.04. The molecule has 0 aliphatic heterocycles. The molecule has 0 fully saturated rings. The van der Waals surface area contributed by atoms with Crippen molar-refractivity contribution in [3.05, 3.63) is 62.8 Å². The number of fused-ring (bicyclic) bond motifs is 2. The standard InChI is InChI=1S/C15H10N2O5/c1-2-22-15(21)8-6-17-11-9(13(8)19)12(18)7-4-3-5-16-10(7)14(11)20/h3-6H,2H2,1H3,(H,17,19). The summed E-state index contributed by atoms with van der Waals surface area (Å²) < 4.78 is 4.76. The van der Waals surface area contributed by atoms with E-state index < -0.39 is 23.0 Å². The van der Waals surface area contributed by atoms with E-state index in [9.17, 15) is 19.2 Å². The maximum Gasteiger partial charge on any atom is 0.343 e. The number of pyridine rings is 2. The molecule has 1 aliphatic rings. The Labute approximate surface area is 124 Å². The number of carbonyl (C=O) groups is 3. The first-order chi connectivity index (χ1) is 10.6. The van der Waals surface area contributed by atoms with Crippen LogP contribution in [0.25, 0.3) is 0 Å². The lowest BCUT2D eigenvalue weighted by Gasteiger charge is -2.15. The third-order valence-corrected chi connectivity index (χ3v) is 3.30. The van der Waals surface area contributed by atoms with E-state index in [1.165, 1.54) is 18.3 Å². The number of H-pyrrole nitrogens is 1. The van der Waals surface area contributed by atoms with E-state index in [1.54, 1.807) is 6.92 Å². The van der Waals surface area contributed by atoms with Crippen molar-refractivity contribution in [1.29, 1.82) is 0 Å². The van der Waals surface area contributed by atoms with Crippen LogP contribution in [-0.4, -0.2) is 34.1 Å². The minimum atomic E-state index is -0.844. The molecule has 0 bridgehead atoms. The van der Waals surface area contributed by atoms with Gasteiger partial charge in [0.15, 0.2) is 0 Å². The molecule has 1 aliphatic carbocycles. The van der Waals surface area contributed by atoms with Gasteiger partial charge in [0.05, 0.1) is 17.7 Å². The maximum atomic E-state index is 12.4. The number of aromatic nitrogens is 2. The molecule has 0 radical (unpaired) electrons. The summed E-state index contributed by atoms with van der Waals surface area (Å²) in [6.45, 7) is 1.69. The van der Waals surface area contributed by atoms with Crippen molar-refractivity contribution >= 4 is 17.5 Å². The second-order valence-corrected chi connectivity index (χ2v) is 4.56. The number of aromatic amines is 1. The molecule has 3 rings (SSSR count). The van der Waals surface area contributed by atoms with Gasteiger partial charge < -0.3 is 9.72 Å². The van der Waals surface area contributed by atoms with Gasteiger partial charge in [-0.25, -0.2) is 4.79 Å². The van der Waals surface area contributed by atoms with E-state index in [4.69, 9.17) is 4.74 Å². The molecule has 0 atom stereocenters. The van der Waals surface area contributed by atoms with Crippen molar-refractivity contribution < 1.29 is 19.1 Å². The zero-order valence-corrected chi connectivity index (χ0v) is 11.5. The van der Waals surface area contributed by atoms with E-state index in [-0.39, 0.29) is 34.7 Å². The molecule has 2 heterocycles. The Morgan fingerprint density at radius 1 is 1.27 bits per heavy atom. The predicted octanol–water partition coefficient (Wildman–Crippen LogP) is 0.722.